The van der Waals surface area contributed by atoms with Gasteiger partial charge in [-0.1, -0.05) is 0 Å². The van der Waals surface area contributed by atoms with Crippen LogP contribution >= 0.6 is 12.6 Å². The highest BCUT2D eigenvalue weighted by atomic mass is 32.1. The minimum atomic E-state index is -0.397. The van der Waals surface area contributed by atoms with E-state index < -0.39 is 5.79 Å². The normalized spacial score (nSPS) is 32.1. The molecule has 0 N–H and O–H groups in total. The highest BCUT2D eigenvalue weighted by Crippen LogP contribution is 2.22. The Hall–Kier alpha value is 0.270. The van der Waals surface area contributed by atoms with Crippen LogP contribution in [0.2, 0.25) is 0 Å². The monoisotopic (exact) mass is 162 g/mol. The fraction of sp³-hybridized carbons (Fsp3) is 1.00. The molecule has 0 spiro atoms. The minimum absolute atomic E-state index is 0.270. The predicted molar refractivity (Wildman–Crippen MR) is 43.4 cm³/mol. The van der Waals surface area contributed by atoms with Crippen LogP contribution in [0.4, 0.5) is 0 Å². The van der Waals surface area contributed by atoms with Crippen LogP contribution in [0, 0.1) is 0 Å². The quantitative estimate of drug-likeness (QED) is 0.588. The summed E-state index contributed by atoms with van der Waals surface area (Å²) in [7, 11) is 0. The lowest BCUT2D eigenvalue weighted by molar-refractivity contribution is -0.267. The molecular formula is C7H14O2S. The number of rotatable bonds is 1. The second-order valence-corrected chi connectivity index (χ2v) is 3.32. The zero-order chi connectivity index (χ0) is 7.61. The summed E-state index contributed by atoms with van der Waals surface area (Å²) in [4.78, 5) is 0. The van der Waals surface area contributed by atoms with Gasteiger partial charge in [-0.2, -0.15) is 12.6 Å². The summed E-state index contributed by atoms with van der Waals surface area (Å²) < 4.78 is 10.9. The lowest BCUT2D eigenvalue weighted by Crippen LogP contribution is -2.40. The molecule has 3 heteroatoms. The lowest BCUT2D eigenvalue weighted by atomic mass is 10.2. The van der Waals surface area contributed by atoms with Crippen LogP contribution in [0.3, 0.4) is 0 Å². The summed E-state index contributed by atoms with van der Waals surface area (Å²) in [6, 6.07) is 0. The number of hydrogen-bond donors (Lipinski definition) is 1. The van der Waals surface area contributed by atoms with Gasteiger partial charge in [-0.25, -0.2) is 0 Å². The molecule has 0 aliphatic carbocycles. The average molecular weight is 162 g/mol. The Morgan fingerprint density at radius 2 is 2.30 bits per heavy atom. The maximum atomic E-state index is 5.52. The molecular weight excluding hydrogens is 148 g/mol. The van der Waals surface area contributed by atoms with Crippen molar-refractivity contribution in [1.29, 1.82) is 0 Å². The highest BCUT2D eigenvalue weighted by Gasteiger charge is 2.28. The second kappa shape index (κ2) is 3.11. The summed E-state index contributed by atoms with van der Waals surface area (Å²) in [6.07, 6.45) is 1.24. The molecule has 2 nitrogen and oxygen atoms in total. The number of ether oxygens (including phenoxy) is 2. The third-order valence-corrected chi connectivity index (χ3v) is 1.95. The first kappa shape index (κ1) is 8.37. The van der Waals surface area contributed by atoms with Gasteiger partial charge in [-0.05, 0) is 20.3 Å². The molecule has 1 fully saturated rings. The Morgan fingerprint density at radius 1 is 1.60 bits per heavy atom. The topological polar surface area (TPSA) is 18.5 Å². The molecule has 1 saturated heterocycles. The van der Waals surface area contributed by atoms with Crippen LogP contribution in [0.25, 0.3) is 0 Å². The Balaban J connectivity index is 2.40. The van der Waals surface area contributed by atoms with Crippen molar-refractivity contribution in [2.75, 3.05) is 12.4 Å². The van der Waals surface area contributed by atoms with Crippen molar-refractivity contribution in [2.45, 2.75) is 32.2 Å². The molecule has 1 unspecified atom stereocenters. The zero-order valence-electron chi connectivity index (χ0n) is 6.46. The molecule has 0 aromatic carbocycles. The van der Waals surface area contributed by atoms with E-state index in [0.29, 0.717) is 0 Å². The molecule has 60 valence electrons. The van der Waals surface area contributed by atoms with E-state index in [4.69, 9.17) is 9.47 Å². The van der Waals surface area contributed by atoms with Gasteiger partial charge < -0.3 is 9.47 Å². The standard InChI is InChI=1S/C7H14O2S/c1-7(2)8-4-3-6(5-10)9-7/h6,10H,3-5H2,1-2H3. The maximum absolute atomic E-state index is 5.52. The van der Waals surface area contributed by atoms with Gasteiger partial charge >= 0.3 is 0 Å². The Morgan fingerprint density at radius 3 is 2.70 bits per heavy atom. The molecule has 1 rings (SSSR count). The van der Waals surface area contributed by atoms with Crippen LogP contribution in [0.15, 0.2) is 0 Å². The van der Waals surface area contributed by atoms with Crippen molar-refractivity contribution in [3.63, 3.8) is 0 Å². The maximum Gasteiger partial charge on any atom is 0.163 e. The Labute approximate surface area is 67.3 Å². The molecule has 1 aliphatic heterocycles. The molecule has 0 saturated carbocycles. The van der Waals surface area contributed by atoms with Crippen LogP contribution in [0.1, 0.15) is 20.3 Å². The third kappa shape index (κ3) is 2.15. The van der Waals surface area contributed by atoms with Crippen molar-refractivity contribution in [3.05, 3.63) is 0 Å². The molecule has 1 aliphatic rings. The molecule has 1 atom stereocenters. The van der Waals surface area contributed by atoms with E-state index in [0.717, 1.165) is 18.8 Å². The lowest BCUT2D eigenvalue weighted by Gasteiger charge is -2.35. The summed E-state index contributed by atoms with van der Waals surface area (Å²) in [5, 5.41) is 0. The summed E-state index contributed by atoms with van der Waals surface area (Å²) in [6.45, 7) is 4.66. The van der Waals surface area contributed by atoms with Gasteiger partial charge in [0.1, 0.15) is 0 Å². The first-order chi connectivity index (χ1) is 4.64. The van der Waals surface area contributed by atoms with Crippen molar-refractivity contribution >= 4 is 12.6 Å². The second-order valence-electron chi connectivity index (χ2n) is 2.96. The van der Waals surface area contributed by atoms with E-state index in [1.807, 2.05) is 13.8 Å². The number of thiol groups is 1. The van der Waals surface area contributed by atoms with E-state index in [1.54, 1.807) is 0 Å². The third-order valence-electron chi connectivity index (χ3n) is 1.54. The fourth-order valence-corrected chi connectivity index (χ4v) is 1.32. The summed E-state index contributed by atoms with van der Waals surface area (Å²) in [5.41, 5.74) is 0. The molecule has 10 heavy (non-hydrogen) atoms. The van der Waals surface area contributed by atoms with Gasteiger partial charge in [-0.15, -0.1) is 0 Å². The van der Waals surface area contributed by atoms with Gasteiger partial charge in [0.25, 0.3) is 0 Å². The summed E-state index contributed by atoms with van der Waals surface area (Å²) in [5.74, 6) is 0.387. The predicted octanol–water partition coefficient (Wildman–Crippen LogP) is 1.46. The highest BCUT2D eigenvalue weighted by molar-refractivity contribution is 7.80. The van der Waals surface area contributed by atoms with Crippen LogP contribution in [-0.2, 0) is 9.47 Å². The fourth-order valence-electron chi connectivity index (χ4n) is 1.06. The van der Waals surface area contributed by atoms with E-state index >= 15 is 0 Å². The van der Waals surface area contributed by atoms with E-state index in [1.165, 1.54) is 0 Å². The smallest absolute Gasteiger partial charge is 0.163 e. The van der Waals surface area contributed by atoms with Crippen molar-refractivity contribution in [3.8, 4) is 0 Å². The minimum Gasteiger partial charge on any atom is -0.350 e. The molecule has 0 aromatic rings. The van der Waals surface area contributed by atoms with E-state index in [-0.39, 0.29) is 6.10 Å². The number of hydrogen-bond acceptors (Lipinski definition) is 3. The Bertz CT molecular complexity index is 114. The van der Waals surface area contributed by atoms with Crippen molar-refractivity contribution < 1.29 is 9.47 Å². The SMILES string of the molecule is CC1(C)OCCC(CS)O1. The molecule has 0 bridgehead atoms. The first-order valence-electron chi connectivity index (χ1n) is 3.57. The Kier molecular flexibility index (Phi) is 2.61. The molecule has 1 heterocycles. The van der Waals surface area contributed by atoms with Crippen LogP contribution in [-0.4, -0.2) is 24.3 Å². The zero-order valence-corrected chi connectivity index (χ0v) is 7.36. The molecule has 0 amide bonds. The van der Waals surface area contributed by atoms with Gasteiger partial charge in [0.2, 0.25) is 0 Å². The van der Waals surface area contributed by atoms with E-state index in [9.17, 15) is 0 Å². The van der Waals surface area contributed by atoms with Gasteiger partial charge in [0.05, 0.1) is 12.7 Å². The largest absolute Gasteiger partial charge is 0.350 e. The van der Waals surface area contributed by atoms with Crippen molar-refractivity contribution in [2.24, 2.45) is 0 Å². The van der Waals surface area contributed by atoms with Gasteiger partial charge in [-0.3, -0.25) is 0 Å². The van der Waals surface area contributed by atoms with Crippen molar-refractivity contribution in [1.82, 2.24) is 0 Å². The average Bonchev–Trinajstić information content (AvgIpc) is 1.86. The first-order valence-corrected chi connectivity index (χ1v) is 4.20. The van der Waals surface area contributed by atoms with Crippen LogP contribution in [0.5, 0.6) is 0 Å². The summed E-state index contributed by atoms with van der Waals surface area (Å²) >= 11 is 4.16. The van der Waals surface area contributed by atoms with Crippen LogP contribution < -0.4 is 0 Å². The molecule has 0 aromatic heterocycles. The van der Waals surface area contributed by atoms with E-state index in [2.05, 4.69) is 12.6 Å². The van der Waals surface area contributed by atoms with Gasteiger partial charge in [0, 0.05) is 5.75 Å². The molecule has 0 radical (unpaired) electrons. The van der Waals surface area contributed by atoms with Gasteiger partial charge in [0.15, 0.2) is 5.79 Å².